The van der Waals surface area contributed by atoms with Crippen molar-refractivity contribution in [1.29, 1.82) is 0 Å². The molecule has 0 unspecified atom stereocenters. The van der Waals surface area contributed by atoms with Gasteiger partial charge in [-0.1, -0.05) is 0 Å². The molecule has 1 fully saturated rings. The van der Waals surface area contributed by atoms with Crippen LogP contribution in [0.4, 0.5) is 10.9 Å². The summed E-state index contributed by atoms with van der Waals surface area (Å²) in [7, 11) is 1.78. The third-order valence-corrected chi connectivity index (χ3v) is 5.63. The van der Waals surface area contributed by atoms with E-state index in [0.29, 0.717) is 11.0 Å². The van der Waals surface area contributed by atoms with Crippen molar-refractivity contribution in [2.45, 2.75) is 6.92 Å². The van der Waals surface area contributed by atoms with Gasteiger partial charge in [-0.3, -0.25) is 4.79 Å². The van der Waals surface area contributed by atoms with Gasteiger partial charge in [0, 0.05) is 51.0 Å². The highest BCUT2D eigenvalue weighted by atomic mass is 32.1. The standard InChI is InChI=1S/C19H21N5O3S/c1-3-27-18(26)14-12-22(2)17-13(16(14)25)4-5-15(21-17)23-7-9-24(10-8-23)19-20-6-11-28-19/h4-6,11-12H,3,7-10H2,1-2H3. The molecular weight excluding hydrogens is 378 g/mol. The summed E-state index contributed by atoms with van der Waals surface area (Å²) >= 11 is 1.64. The second-order valence-corrected chi connectivity index (χ2v) is 7.41. The lowest BCUT2D eigenvalue weighted by molar-refractivity contribution is 0.0524. The Kier molecular flexibility index (Phi) is 4.99. The molecule has 0 bridgehead atoms. The van der Waals surface area contributed by atoms with Crippen molar-refractivity contribution in [1.82, 2.24) is 14.5 Å². The van der Waals surface area contributed by atoms with Gasteiger partial charge in [0.05, 0.1) is 12.0 Å². The number of hydrogen-bond acceptors (Lipinski definition) is 8. The first-order valence-corrected chi connectivity index (χ1v) is 10.0. The van der Waals surface area contributed by atoms with E-state index in [1.54, 1.807) is 35.9 Å². The first-order chi connectivity index (χ1) is 13.6. The van der Waals surface area contributed by atoms with Crippen LogP contribution >= 0.6 is 11.3 Å². The molecule has 1 aliphatic heterocycles. The zero-order chi connectivity index (χ0) is 19.7. The number of hydrogen-bond donors (Lipinski definition) is 0. The summed E-state index contributed by atoms with van der Waals surface area (Å²) < 4.78 is 6.69. The topological polar surface area (TPSA) is 80.6 Å². The van der Waals surface area contributed by atoms with Gasteiger partial charge >= 0.3 is 5.97 Å². The Hall–Kier alpha value is -2.94. The third-order valence-electron chi connectivity index (χ3n) is 4.80. The highest BCUT2D eigenvalue weighted by molar-refractivity contribution is 7.13. The predicted octanol–water partition coefficient (Wildman–Crippen LogP) is 1.89. The molecule has 4 heterocycles. The SMILES string of the molecule is CCOC(=O)c1cn(C)c2nc(N3CCN(c4nccs4)CC3)ccc2c1=O. The number of piperazine rings is 1. The van der Waals surface area contributed by atoms with E-state index in [4.69, 9.17) is 9.72 Å². The van der Waals surface area contributed by atoms with Gasteiger partial charge in [0.2, 0.25) is 5.43 Å². The lowest BCUT2D eigenvalue weighted by atomic mass is 10.2. The fourth-order valence-corrected chi connectivity index (χ4v) is 4.07. The maximum atomic E-state index is 12.7. The Morgan fingerprint density at radius 2 is 1.96 bits per heavy atom. The minimum Gasteiger partial charge on any atom is -0.462 e. The van der Waals surface area contributed by atoms with Crippen molar-refractivity contribution in [3.8, 4) is 0 Å². The van der Waals surface area contributed by atoms with E-state index in [9.17, 15) is 9.59 Å². The van der Waals surface area contributed by atoms with Crippen LogP contribution in [-0.2, 0) is 11.8 Å². The van der Waals surface area contributed by atoms with Gasteiger partial charge < -0.3 is 19.1 Å². The Bertz CT molecular complexity index is 1060. The molecule has 1 aliphatic rings. The highest BCUT2D eigenvalue weighted by Gasteiger charge is 2.21. The molecule has 4 rings (SSSR count). The molecule has 0 saturated carbocycles. The number of ether oxygens (including phenoxy) is 1. The second kappa shape index (κ2) is 7.59. The number of fused-ring (bicyclic) bond motifs is 1. The molecule has 0 aromatic carbocycles. The maximum absolute atomic E-state index is 12.7. The quantitative estimate of drug-likeness (QED) is 0.620. The van der Waals surface area contributed by atoms with E-state index < -0.39 is 5.97 Å². The minimum atomic E-state index is -0.604. The Morgan fingerprint density at radius 3 is 2.64 bits per heavy atom. The van der Waals surface area contributed by atoms with Crippen LogP contribution in [0, 0.1) is 0 Å². The number of carbonyl (C=O) groups excluding carboxylic acids is 1. The zero-order valence-electron chi connectivity index (χ0n) is 15.8. The number of nitrogens with zero attached hydrogens (tertiary/aromatic N) is 5. The number of esters is 1. The van der Waals surface area contributed by atoms with E-state index in [-0.39, 0.29) is 17.6 Å². The molecule has 0 amide bonds. The number of aryl methyl sites for hydroxylation is 1. The summed E-state index contributed by atoms with van der Waals surface area (Å²) in [4.78, 5) is 38.2. The van der Waals surface area contributed by atoms with Crippen LogP contribution in [0.3, 0.4) is 0 Å². The maximum Gasteiger partial charge on any atom is 0.343 e. The molecule has 146 valence electrons. The first-order valence-electron chi connectivity index (χ1n) is 9.15. The number of carbonyl (C=O) groups is 1. The zero-order valence-corrected chi connectivity index (χ0v) is 16.6. The number of thiazole rings is 1. The van der Waals surface area contributed by atoms with E-state index in [1.165, 1.54) is 6.20 Å². The number of rotatable bonds is 4. The van der Waals surface area contributed by atoms with E-state index >= 15 is 0 Å². The smallest absolute Gasteiger partial charge is 0.343 e. The van der Waals surface area contributed by atoms with Crippen molar-refractivity contribution >= 4 is 39.3 Å². The molecule has 0 spiro atoms. The Balaban J connectivity index is 1.60. The summed E-state index contributed by atoms with van der Waals surface area (Å²) in [6, 6.07) is 3.59. The molecule has 0 aliphatic carbocycles. The van der Waals surface area contributed by atoms with E-state index in [1.807, 2.05) is 17.6 Å². The van der Waals surface area contributed by atoms with Gasteiger partial charge in [0.25, 0.3) is 0 Å². The van der Waals surface area contributed by atoms with Crippen LogP contribution in [-0.4, -0.2) is 53.3 Å². The highest BCUT2D eigenvalue weighted by Crippen LogP contribution is 2.22. The van der Waals surface area contributed by atoms with Crippen molar-refractivity contribution in [3.05, 3.63) is 45.7 Å². The van der Waals surface area contributed by atoms with Gasteiger partial charge in [-0.2, -0.15) is 0 Å². The summed E-state index contributed by atoms with van der Waals surface area (Å²) in [6.07, 6.45) is 3.32. The summed E-state index contributed by atoms with van der Waals surface area (Å²) in [5.74, 6) is 0.220. The van der Waals surface area contributed by atoms with Crippen LogP contribution in [0.1, 0.15) is 17.3 Å². The normalized spacial score (nSPS) is 14.5. The van der Waals surface area contributed by atoms with Crippen LogP contribution in [0.25, 0.3) is 11.0 Å². The van der Waals surface area contributed by atoms with Crippen molar-refractivity contribution < 1.29 is 9.53 Å². The summed E-state index contributed by atoms with van der Waals surface area (Å²) in [5.41, 5.74) is 0.237. The molecule has 0 radical (unpaired) electrons. The number of anilines is 2. The molecule has 9 heteroatoms. The molecule has 0 N–H and O–H groups in total. The number of pyridine rings is 2. The van der Waals surface area contributed by atoms with E-state index in [2.05, 4.69) is 14.8 Å². The van der Waals surface area contributed by atoms with Gasteiger partial charge in [-0.25, -0.2) is 14.8 Å². The van der Waals surface area contributed by atoms with E-state index in [0.717, 1.165) is 37.1 Å². The lowest BCUT2D eigenvalue weighted by Gasteiger charge is -2.35. The average Bonchev–Trinajstić information content (AvgIpc) is 3.25. The van der Waals surface area contributed by atoms with Crippen LogP contribution in [0.5, 0.6) is 0 Å². The molecule has 1 saturated heterocycles. The van der Waals surface area contributed by atoms with Crippen LogP contribution in [0.15, 0.2) is 34.7 Å². The monoisotopic (exact) mass is 399 g/mol. The largest absolute Gasteiger partial charge is 0.462 e. The Morgan fingerprint density at radius 1 is 1.21 bits per heavy atom. The van der Waals surface area contributed by atoms with Crippen LogP contribution < -0.4 is 15.2 Å². The molecular formula is C19H21N5O3S. The van der Waals surface area contributed by atoms with Gasteiger partial charge in [-0.15, -0.1) is 11.3 Å². The van der Waals surface area contributed by atoms with Gasteiger partial charge in [-0.05, 0) is 19.1 Å². The molecule has 3 aromatic heterocycles. The molecule has 28 heavy (non-hydrogen) atoms. The molecule has 0 atom stereocenters. The van der Waals surface area contributed by atoms with Crippen molar-refractivity contribution in [3.63, 3.8) is 0 Å². The fourth-order valence-electron chi connectivity index (χ4n) is 3.37. The van der Waals surface area contributed by atoms with Crippen molar-refractivity contribution in [2.75, 3.05) is 42.6 Å². The summed E-state index contributed by atoms with van der Waals surface area (Å²) in [5, 5.41) is 3.44. The van der Waals surface area contributed by atoms with Gasteiger partial charge in [0.1, 0.15) is 17.0 Å². The summed E-state index contributed by atoms with van der Waals surface area (Å²) in [6.45, 7) is 5.33. The van der Waals surface area contributed by atoms with Crippen molar-refractivity contribution in [2.24, 2.45) is 7.05 Å². The first kappa shape index (κ1) is 18.4. The van der Waals surface area contributed by atoms with Crippen LogP contribution in [0.2, 0.25) is 0 Å². The molecule has 3 aromatic rings. The molecule has 8 nitrogen and oxygen atoms in total. The minimum absolute atomic E-state index is 0.0310. The number of aromatic nitrogens is 3. The lowest BCUT2D eigenvalue weighted by Crippen LogP contribution is -2.46. The Labute approximate surface area is 166 Å². The average molecular weight is 399 g/mol. The van der Waals surface area contributed by atoms with Gasteiger partial charge in [0.15, 0.2) is 5.13 Å². The predicted molar refractivity (Wildman–Crippen MR) is 109 cm³/mol. The fraction of sp³-hybridized carbons (Fsp3) is 0.368. The third kappa shape index (κ3) is 3.33. The second-order valence-electron chi connectivity index (χ2n) is 6.53.